The van der Waals surface area contributed by atoms with Gasteiger partial charge in [0.05, 0.1) is 11.9 Å². The fraction of sp³-hybridized carbons (Fsp3) is 0.588. The van der Waals surface area contributed by atoms with Crippen molar-refractivity contribution in [2.45, 2.75) is 51.1 Å². The summed E-state index contributed by atoms with van der Waals surface area (Å²) in [5.74, 6) is 1.80. The average Bonchev–Trinajstić information content (AvgIpc) is 3.27. The van der Waals surface area contributed by atoms with E-state index in [-0.39, 0.29) is 0 Å². The van der Waals surface area contributed by atoms with Crippen molar-refractivity contribution in [3.8, 4) is 5.95 Å². The van der Waals surface area contributed by atoms with Gasteiger partial charge in [-0.15, -0.1) is 0 Å². The standard InChI is InChI=1S/C17H24N6/c1-3-13-11-21(2)15-10-19-17(22-9-8-18-12-22)20-16(15)23(13)14-6-4-5-7-14/h8-10,12-14H,3-7,11H2,1-2H3/t13-/m1/s1. The Hall–Kier alpha value is -2.11. The van der Waals surface area contributed by atoms with Gasteiger partial charge in [0.1, 0.15) is 6.33 Å². The average molecular weight is 312 g/mol. The van der Waals surface area contributed by atoms with Gasteiger partial charge >= 0.3 is 0 Å². The highest BCUT2D eigenvalue weighted by Gasteiger charge is 2.35. The summed E-state index contributed by atoms with van der Waals surface area (Å²) in [7, 11) is 2.15. The third kappa shape index (κ3) is 2.46. The number of aromatic nitrogens is 4. The lowest BCUT2D eigenvalue weighted by Gasteiger charge is -2.45. The van der Waals surface area contributed by atoms with Gasteiger partial charge in [0.25, 0.3) is 0 Å². The Balaban J connectivity index is 1.80. The van der Waals surface area contributed by atoms with Crippen LogP contribution in [0.25, 0.3) is 5.95 Å². The molecule has 1 saturated carbocycles. The Labute approximate surface area is 137 Å². The molecular weight excluding hydrogens is 288 g/mol. The maximum atomic E-state index is 4.93. The molecule has 0 radical (unpaired) electrons. The minimum atomic E-state index is 0.529. The zero-order chi connectivity index (χ0) is 15.8. The number of rotatable bonds is 3. The molecule has 0 amide bonds. The van der Waals surface area contributed by atoms with Crippen LogP contribution in [0.5, 0.6) is 0 Å². The van der Waals surface area contributed by atoms with E-state index < -0.39 is 0 Å². The number of fused-ring (bicyclic) bond motifs is 1. The van der Waals surface area contributed by atoms with Gasteiger partial charge in [-0.1, -0.05) is 19.8 Å². The zero-order valence-corrected chi connectivity index (χ0v) is 13.9. The maximum absolute atomic E-state index is 4.93. The van der Waals surface area contributed by atoms with E-state index in [4.69, 9.17) is 4.98 Å². The number of nitrogens with zero attached hydrogens (tertiary/aromatic N) is 6. The van der Waals surface area contributed by atoms with Gasteiger partial charge in [0.2, 0.25) is 5.95 Å². The molecular formula is C17H24N6. The molecule has 0 saturated heterocycles. The van der Waals surface area contributed by atoms with Crippen LogP contribution < -0.4 is 9.80 Å². The van der Waals surface area contributed by atoms with E-state index in [0.717, 1.165) is 24.5 Å². The summed E-state index contributed by atoms with van der Waals surface area (Å²) in [6.45, 7) is 3.33. The van der Waals surface area contributed by atoms with E-state index >= 15 is 0 Å². The van der Waals surface area contributed by atoms with Crippen molar-refractivity contribution in [3.05, 3.63) is 24.9 Å². The van der Waals surface area contributed by atoms with Gasteiger partial charge in [0.15, 0.2) is 5.82 Å². The van der Waals surface area contributed by atoms with Crippen LogP contribution in [0.15, 0.2) is 24.9 Å². The molecule has 1 fully saturated rings. The van der Waals surface area contributed by atoms with Crippen molar-refractivity contribution in [1.82, 2.24) is 19.5 Å². The van der Waals surface area contributed by atoms with Crippen molar-refractivity contribution in [1.29, 1.82) is 0 Å². The second-order valence-corrected chi connectivity index (χ2v) is 6.64. The molecule has 0 aromatic carbocycles. The van der Waals surface area contributed by atoms with Gasteiger partial charge in [-0.2, -0.15) is 4.98 Å². The molecule has 1 aliphatic carbocycles. The predicted molar refractivity (Wildman–Crippen MR) is 91.2 cm³/mol. The summed E-state index contributed by atoms with van der Waals surface area (Å²) in [6.07, 6.45) is 13.8. The number of anilines is 2. The van der Waals surface area contributed by atoms with Crippen LogP contribution in [0, 0.1) is 0 Å². The molecule has 0 spiro atoms. The molecule has 23 heavy (non-hydrogen) atoms. The largest absolute Gasteiger partial charge is 0.368 e. The first-order valence-electron chi connectivity index (χ1n) is 8.62. The molecule has 3 heterocycles. The smallest absolute Gasteiger partial charge is 0.236 e. The lowest BCUT2D eigenvalue weighted by molar-refractivity contribution is 0.475. The Bertz CT molecular complexity index is 662. The van der Waals surface area contributed by atoms with E-state index in [1.807, 2.05) is 17.0 Å². The third-order valence-electron chi connectivity index (χ3n) is 5.20. The molecule has 2 aromatic rings. The number of hydrogen-bond donors (Lipinski definition) is 0. The first-order chi connectivity index (χ1) is 11.3. The van der Waals surface area contributed by atoms with Gasteiger partial charge in [0, 0.05) is 38.1 Å². The molecule has 1 atom stereocenters. The zero-order valence-electron chi connectivity index (χ0n) is 13.9. The summed E-state index contributed by atoms with van der Waals surface area (Å²) in [5, 5.41) is 0. The van der Waals surface area contributed by atoms with Crippen LogP contribution in [-0.4, -0.2) is 45.2 Å². The van der Waals surface area contributed by atoms with Gasteiger partial charge in [-0.05, 0) is 19.3 Å². The van der Waals surface area contributed by atoms with Crippen molar-refractivity contribution in [2.24, 2.45) is 0 Å². The molecule has 2 aliphatic rings. The van der Waals surface area contributed by atoms with Gasteiger partial charge < -0.3 is 9.80 Å². The third-order valence-corrected chi connectivity index (χ3v) is 5.20. The fourth-order valence-corrected chi connectivity index (χ4v) is 3.97. The first-order valence-corrected chi connectivity index (χ1v) is 8.62. The van der Waals surface area contributed by atoms with Crippen LogP contribution in [0.3, 0.4) is 0 Å². The summed E-state index contributed by atoms with van der Waals surface area (Å²) in [4.78, 5) is 18.5. The molecule has 2 aromatic heterocycles. The van der Waals surface area contributed by atoms with Crippen molar-refractivity contribution < 1.29 is 0 Å². The summed E-state index contributed by atoms with van der Waals surface area (Å²) >= 11 is 0. The summed E-state index contributed by atoms with van der Waals surface area (Å²) in [5.41, 5.74) is 1.14. The molecule has 0 N–H and O–H groups in total. The lowest BCUT2D eigenvalue weighted by atomic mass is 10.0. The number of likely N-dealkylation sites (N-methyl/N-ethyl adjacent to an activating group) is 1. The first kappa shape index (κ1) is 14.5. The summed E-state index contributed by atoms with van der Waals surface area (Å²) < 4.78 is 1.88. The highest BCUT2D eigenvalue weighted by atomic mass is 15.4. The molecule has 0 unspecified atom stereocenters. The molecule has 6 nitrogen and oxygen atoms in total. The fourth-order valence-electron chi connectivity index (χ4n) is 3.97. The van der Waals surface area contributed by atoms with E-state index in [0.29, 0.717) is 18.0 Å². The Morgan fingerprint density at radius 1 is 1.26 bits per heavy atom. The van der Waals surface area contributed by atoms with Gasteiger partial charge in [-0.25, -0.2) is 9.97 Å². The highest BCUT2D eigenvalue weighted by molar-refractivity contribution is 5.70. The van der Waals surface area contributed by atoms with Crippen molar-refractivity contribution in [3.63, 3.8) is 0 Å². The van der Waals surface area contributed by atoms with Crippen LogP contribution in [-0.2, 0) is 0 Å². The van der Waals surface area contributed by atoms with E-state index in [1.54, 1.807) is 12.5 Å². The normalized spacial score (nSPS) is 21.7. The van der Waals surface area contributed by atoms with Gasteiger partial charge in [-0.3, -0.25) is 4.57 Å². The molecule has 0 bridgehead atoms. The minimum Gasteiger partial charge on any atom is -0.368 e. The predicted octanol–water partition coefficient (Wildman–Crippen LogP) is 2.64. The van der Waals surface area contributed by atoms with Crippen LogP contribution >= 0.6 is 0 Å². The number of imidazole rings is 1. The Kier molecular flexibility index (Phi) is 3.67. The molecule has 4 rings (SSSR count). The Morgan fingerprint density at radius 3 is 2.78 bits per heavy atom. The van der Waals surface area contributed by atoms with E-state index in [9.17, 15) is 0 Å². The molecule has 1 aliphatic heterocycles. The summed E-state index contributed by atoms with van der Waals surface area (Å²) in [6, 6.07) is 1.15. The molecule has 6 heteroatoms. The topological polar surface area (TPSA) is 50.1 Å². The van der Waals surface area contributed by atoms with E-state index in [2.05, 4.69) is 33.7 Å². The lowest BCUT2D eigenvalue weighted by Crippen LogP contribution is -2.52. The maximum Gasteiger partial charge on any atom is 0.236 e. The van der Waals surface area contributed by atoms with Crippen LogP contribution in [0.2, 0.25) is 0 Å². The van der Waals surface area contributed by atoms with Crippen LogP contribution in [0.4, 0.5) is 11.5 Å². The second-order valence-electron chi connectivity index (χ2n) is 6.64. The van der Waals surface area contributed by atoms with E-state index in [1.165, 1.54) is 25.7 Å². The number of hydrogen-bond acceptors (Lipinski definition) is 5. The SMILES string of the molecule is CC[C@@H]1CN(C)c2cnc(-n3ccnc3)nc2N1C1CCCC1. The van der Waals surface area contributed by atoms with Crippen molar-refractivity contribution in [2.75, 3.05) is 23.4 Å². The van der Waals surface area contributed by atoms with Crippen molar-refractivity contribution >= 4 is 11.5 Å². The quantitative estimate of drug-likeness (QED) is 0.872. The Morgan fingerprint density at radius 2 is 2.09 bits per heavy atom. The molecule has 122 valence electrons. The second kappa shape index (κ2) is 5.83. The minimum absolute atomic E-state index is 0.529. The van der Waals surface area contributed by atoms with Crippen LogP contribution in [0.1, 0.15) is 39.0 Å². The monoisotopic (exact) mass is 312 g/mol. The highest BCUT2D eigenvalue weighted by Crippen LogP contribution is 2.38.